The number of aromatic nitrogens is 1. The lowest BCUT2D eigenvalue weighted by molar-refractivity contribution is -0.139. The number of aliphatic carboxylic acids is 1. The molecule has 10 heteroatoms. The third-order valence-electron chi connectivity index (χ3n) is 8.14. The van der Waals surface area contributed by atoms with Crippen molar-refractivity contribution in [1.82, 2.24) is 15.6 Å². The van der Waals surface area contributed by atoms with Gasteiger partial charge in [-0.25, -0.2) is 14.6 Å². The van der Waals surface area contributed by atoms with Crippen molar-refractivity contribution in [1.29, 1.82) is 0 Å². The molecule has 10 nitrogen and oxygen atoms in total. The summed E-state index contributed by atoms with van der Waals surface area (Å²) < 4.78 is 11.7. The number of hydrogen-bond acceptors (Lipinski definition) is 7. The van der Waals surface area contributed by atoms with Crippen LogP contribution in [0.25, 0.3) is 22.0 Å². The lowest BCUT2D eigenvalue weighted by atomic mass is 9.98. The number of benzene rings is 4. The summed E-state index contributed by atoms with van der Waals surface area (Å²) in [4.78, 5) is 44.5. The van der Waals surface area contributed by atoms with Crippen LogP contribution >= 0.6 is 0 Å². The van der Waals surface area contributed by atoms with Gasteiger partial charge in [0.05, 0.1) is 5.52 Å². The molecule has 0 fully saturated rings. The molecular weight excluding hydrogens is 596 g/mol. The van der Waals surface area contributed by atoms with Crippen molar-refractivity contribution in [2.24, 2.45) is 0 Å². The van der Waals surface area contributed by atoms with Gasteiger partial charge in [0.1, 0.15) is 30.7 Å². The minimum atomic E-state index is -1.44. The number of rotatable bonds is 11. The topological polar surface area (TPSA) is 130 Å². The Labute approximate surface area is 272 Å². The first-order valence-electron chi connectivity index (χ1n) is 15.2. The molecule has 2 amide bonds. The molecule has 1 aliphatic rings. The van der Waals surface area contributed by atoms with Gasteiger partial charge in [-0.1, -0.05) is 78.9 Å². The number of alkyl carbamates (subject to hydrolysis) is 1. The van der Waals surface area contributed by atoms with E-state index in [2.05, 4.69) is 15.6 Å². The fourth-order valence-electron chi connectivity index (χ4n) is 5.70. The number of hydrogen-bond donors (Lipinski definition) is 3. The van der Waals surface area contributed by atoms with E-state index in [0.29, 0.717) is 11.3 Å². The van der Waals surface area contributed by atoms with Crippen LogP contribution < -0.4 is 20.3 Å². The Kier molecular flexibility index (Phi) is 9.01. The van der Waals surface area contributed by atoms with Gasteiger partial charge >= 0.3 is 12.1 Å². The minimum absolute atomic E-state index is 0.0286. The van der Waals surface area contributed by atoms with Crippen LogP contribution in [0, 0.1) is 0 Å². The molecule has 1 aliphatic carbocycles. The van der Waals surface area contributed by atoms with E-state index in [1.807, 2.05) is 110 Å². The number of anilines is 1. The zero-order chi connectivity index (χ0) is 32.9. The second-order valence-electron chi connectivity index (χ2n) is 11.4. The monoisotopic (exact) mass is 630 g/mol. The standard InChI is InChI=1S/C37H34N4O6/c1-41(2)24-16-17-31-29(18-24)34(46-21-23-10-4-3-5-11-23)19-32(39-31)35(42)38-20-33(36(43)44)40-37(45)47-22-30-27-14-8-6-12-25(27)26-13-7-9-15-28(26)30/h3-19,30,33H,20-22H2,1-2H3,(H,38,42)(H,40,45)(H,43,44)/t33-/m0/s1. The van der Waals surface area contributed by atoms with Gasteiger partial charge in [0.2, 0.25) is 0 Å². The minimum Gasteiger partial charge on any atom is -0.488 e. The summed E-state index contributed by atoms with van der Waals surface area (Å²) in [5.41, 5.74) is 6.71. The van der Waals surface area contributed by atoms with E-state index in [0.717, 1.165) is 38.9 Å². The van der Waals surface area contributed by atoms with Crippen LogP contribution in [0.1, 0.15) is 33.1 Å². The van der Waals surface area contributed by atoms with Gasteiger partial charge < -0.3 is 30.1 Å². The third-order valence-corrected chi connectivity index (χ3v) is 8.14. The molecule has 6 rings (SSSR count). The number of pyridine rings is 1. The van der Waals surface area contributed by atoms with E-state index in [1.165, 1.54) is 6.07 Å². The lowest BCUT2D eigenvalue weighted by Crippen LogP contribution is -2.48. The van der Waals surface area contributed by atoms with Crippen LogP contribution in [-0.4, -0.2) is 61.3 Å². The van der Waals surface area contributed by atoms with E-state index in [-0.39, 0.29) is 24.8 Å². The Bertz CT molecular complexity index is 1900. The normalized spacial score (nSPS) is 12.5. The number of carbonyl (C=O) groups is 3. The van der Waals surface area contributed by atoms with Crippen LogP contribution in [0.4, 0.5) is 10.5 Å². The van der Waals surface area contributed by atoms with Crippen molar-refractivity contribution < 1.29 is 29.0 Å². The van der Waals surface area contributed by atoms with Gasteiger partial charge in [-0.05, 0) is 46.0 Å². The van der Waals surface area contributed by atoms with Crippen molar-refractivity contribution in [3.05, 3.63) is 126 Å². The molecule has 0 radical (unpaired) electrons. The number of carboxylic acid groups (broad SMARTS) is 1. The van der Waals surface area contributed by atoms with Gasteiger partial charge in [0, 0.05) is 43.7 Å². The lowest BCUT2D eigenvalue weighted by Gasteiger charge is -2.18. The maximum absolute atomic E-state index is 13.3. The molecule has 0 saturated heterocycles. The predicted molar refractivity (Wildman–Crippen MR) is 179 cm³/mol. The summed E-state index contributed by atoms with van der Waals surface area (Å²) in [6.07, 6.45) is -0.898. The quantitative estimate of drug-likeness (QED) is 0.172. The van der Waals surface area contributed by atoms with Crippen LogP contribution in [-0.2, 0) is 16.1 Å². The number of nitrogens with one attached hydrogen (secondary N) is 2. The van der Waals surface area contributed by atoms with E-state index in [9.17, 15) is 19.5 Å². The highest BCUT2D eigenvalue weighted by molar-refractivity contribution is 5.98. The predicted octanol–water partition coefficient (Wildman–Crippen LogP) is 5.60. The fourth-order valence-corrected chi connectivity index (χ4v) is 5.70. The Morgan fingerprint density at radius 3 is 2.19 bits per heavy atom. The van der Waals surface area contributed by atoms with Crippen LogP contribution in [0.2, 0.25) is 0 Å². The summed E-state index contributed by atoms with van der Waals surface area (Å²) >= 11 is 0. The summed E-state index contributed by atoms with van der Waals surface area (Å²) in [6, 6.07) is 31.2. The van der Waals surface area contributed by atoms with Crippen molar-refractivity contribution >= 4 is 34.6 Å². The highest BCUT2D eigenvalue weighted by Gasteiger charge is 2.30. The van der Waals surface area contributed by atoms with Crippen LogP contribution in [0.5, 0.6) is 5.75 Å². The van der Waals surface area contributed by atoms with E-state index in [1.54, 1.807) is 6.07 Å². The first-order valence-corrected chi connectivity index (χ1v) is 15.2. The van der Waals surface area contributed by atoms with E-state index >= 15 is 0 Å². The van der Waals surface area contributed by atoms with Gasteiger partial charge in [0.25, 0.3) is 5.91 Å². The van der Waals surface area contributed by atoms with Gasteiger partial charge in [-0.15, -0.1) is 0 Å². The molecule has 4 aromatic carbocycles. The average Bonchev–Trinajstić information content (AvgIpc) is 3.41. The zero-order valence-corrected chi connectivity index (χ0v) is 26.0. The molecule has 1 aromatic heterocycles. The first kappa shape index (κ1) is 31.1. The zero-order valence-electron chi connectivity index (χ0n) is 26.0. The molecule has 0 bridgehead atoms. The molecule has 47 heavy (non-hydrogen) atoms. The number of carbonyl (C=O) groups excluding carboxylic acids is 2. The summed E-state index contributed by atoms with van der Waals surface area (Å²) in [5, 5.41) is 15.5. The molecule has 0 saturated carbocycles. The van der Waals surface area contributed by atoms with Gasteiger partial charge in [0.15, 0.2) is 0 Å². The average molecular weight is 631 g/mol. The Balaban J connectivity index is 1.12. The van der Waals surface area contributed by atoms with Crippen molar-refractivity contribution in [2.75, 3.05) is 32.1 Å². The molecule has 0 spiro atoms. The summed E-state index contributed by atoms with van der Waals surface area (Å²) in [5.74, 6) is -1.66. The Morgan fingerprint density at radius 1 is 0.872 bits per heavy atom. The van der Waals surface area contributed by atoms with Gasteiger partial charge in [-0.2, -0.15) is 0 Å². The van der Waals surface area contributed by atoms with Crippen molar-refractivity contribution in [3.63, 3.8) is 0 Å². The Morgan fingerprint density at radius 2 is 1.53 bits per heavy atom. The fraction of sp³-hybridized carbons (Fsp3) is 0.189. The van der Waals surface area contributed by atoms with E-state index < -0.39 is 30.6 Å². The molecule has 0 aliphatic heterocycles. The summed E-state index contributed by atoms with van der Waals surface area (Å²) in [7, 11) is 3.85. The highest BCUT2D eigenvalue weighted by atomic mass is 16.5. The largest absolute Gasteiger partial charge is 0.488 e. The van der Waals surface area contributed by atoms with Crippen LogP contribution in [0.15, 0.2) is 103 Å². The Hall–Kier alpha value is -5.90. The smallest absolute Gasteiger partial charge is 0.407 e. The number of ether oxygens (including phenoxy) is 2. The number of nitrogens with zero attached hydrogens (tertiary/aromatic N) is 2. The SMILES string of the molecule is CN(C)c1ccc2nc(C(=O)NC[C@H](NC(=O)OCC3c4ccccc4-c4ccccc43)C(=O)O)cc(OCc3ccccc3)c2c1. The number of carboxylic acids is 1. The maximum atomic E-state index is 13.3. The molecule has 3 N–H and O–H groups in total. The van der Waals surface area contributed by atoms with Crippen molar-refractivity contribution in [2.45, 2.75) is 18.6 Å². The highest BCUT2D eigenvalue weighted by Crippen LogP contribution is 2.44. The maximum Gasteiger partial charge on any atom is 0.407 e. The second-order valence-corrected chi connectivity index (χ2v) is 11.4. The third kappa shape index (κ3) is 6.86. The molecule has 238 valence electrons. The molecule has 5 aromatic rings. The van der Waals surface area contributed by atoms with E-state index in [4.69, 9.17) is 9.47 Å². The molecule has 1 atom stereocenters. The first-order chi connectivity index (χ1) is 22.8. The second kappa shape index (κ2) is 13.6. The molecular formula is C37H34N4O6. The number of fused-ring (bicyclic) bond motifs is 4. The number of amides is 2. The molecule has 0 unspecified atom stereocenters. The molecule has 1 heterocycles. The van der Waals surface area contributed by atoms with Gasteiger partial charge in [-0.3, -0.25) is 4.79 Å². The summed E-state index contributed by atoms with van der Waals surface area (Å²) in [6.45, 7) is -0.0862. The van der Waals surface area contributed by atoms with Crippen molar-refractivity contribution in [3.8, 4) is 16.9 Å². The van der Waals surface area contributed by atoms with Crippen LogP contribution in [0.3, 0.4) is 0 Å².